The molecule has 0 saturated heterocycles. The lowest BCUT2D eigenvalue weighted by molar-refractivity contribution is 0.0881. The van der Waals surface area contributed by atoms with Crippen molar-refractivity contribution in [3.8, 4) is 0 Å². The smallest absolute Gasteiger partial charge is 0.0484 e. The zero-order valence-corrected chi connectivity index (χ0v) is 11.3. The Balaban J connectivity index is 4.01. The number of unbranched alkanes of at least 4 members (excludes halogenated alkanes) is 1. The lowest BCUT2D eigenvalue weighted by Crippen LogP contribution is -2.25. The topological polar surface area (TPSA) is 40.5 Å². The number of aliphatic hydroxyl groups is 2. The van der Waals surface area contributed by atoms with Crippen LogP contribution in [0.4, 0.5) is 0 Å². The van der Waals surface area contributed by atoms with E-state index in [1.165, 1.54) is 5.57 Å². The molecule has 0 saturated carbocycles. The minimum absolute atomic E-state index is 0.0301. The van der Waals surface area contributed by atoms with E-state index < -0.39 is 0 Å². The summed E-state index contributed by atoms with van der Waals surface area (Å²) in [4.78, 5) is 0. The molecule has 0 radical (unpaired) electrons. The fourth-order valence-electron chi connectivity index (χ4n) is 2.07. The molecule has 2 heteroatoms. The van der Waals surface area contributed by atoms with Gasteiger partial charge in [-0.15, -0.1) is 0 Å². The molecule has 0 rings (SSSR count). The van der Waals surface area contributed by atoms with Crippen molar-refractivity contribution in [1.82, 2.24) is 0 Å². The van der Waals surface area contributed by atoms with Gasteiger partial charge in [0.2, 0.25) is 0 Å². The second-order valence-corrected chi connectivity index (χ2v) is 5.63. The zero-order valence-electron chi connectivity index (χ0n) is 11.3. The summed E-state index contributed by atoms with van der Waals surface area (Å²) in [5.41, 5.74) is 1.33. The van der Waals surface area contributed by atoms with Crippen LogP contribution < -0.4 is 0 Å². The summed E-state index contributed by atoms with van der Waals surface area (Å²) < 4.78 is 0. The van der Waals surface area contributed by atoms with Gasteiger partial charge in [0.05, 0.1) is 0 Å². The van der Waals surface area contributed by atoms with Crippen molar-refractivity contribution in [2.24, 2.45) is 11.3 Å². The monoisotopic (exact) mass is 228 g/mol. The highest BCUT2D eigenvalue weighted by molar-refractivity contribution is 4.93. The first kappa shape index (κ1) is 15.7. The molecular weight excluding hydrogens is 200 g/mol. The van der Waals surface area contributed by atoms with Crippen LogP contribution in [0.25, 0.3) is 0 Å². The zero-order chi connectivity index (χ0) is 12.6. The lowest BCUT2D eigenvalue weighted by Gasteiger charge is -2.29. The van der Waals surface area contributed by atoms with Crippen molar-refractivity contribution in [2.45, 2.75) is 53.4 Å². The molecule has 0 fully saturated rings. The molecule has 96 valence electrons. The van der Waals surface area contributed by atoms with Crippen LogP contribution in [0.2, 0.25) is 0 Å². The summed E-state index contributed by atoms with van der Waals surface area (Å²) in [6.07, 6.45) is 6.37. The minimum atomic E-state index is -0.0301. The van der Waals surface area contributed by atoms with E-state index in [1.54, 1.807) is 0 Å². The summed E-state index contributed by atoms with van der Waals surface area (Å²) in [5, 5.41) is 18.5. The molecule has 0 bridgehead atoms. The van der Waals surface area contributed by atoms with Crippen LogP contribution in [-0.4, -0.2) is 23.4 Å². The van der Waals surface area contributed by atoms with E-state index in [0.29, 0.717) is 0 Å². The summed E-state index contributed by atoms with van der Waals surface area (Å²) in [7, 11) is 0. The fourth-order valence-corrected chi connectivity index (χ4v) is 2.07. The highest BCUT2D eigenvalue weighted by Gasteiger charge is 2.24. The molecule has 16 heavy (non-hydrogen) atoms. The van der Waals surface area contributed by atoms with Crippen LogP contribution in [0.5, 0.6) is 0 Å². The summed E-state index contributed by atoms with van der Waals surface area (Å²) in [5.74, 6) is 0.278. The van der Waals surface area contributed by atoms with Crippen LogP contribution in [0, 0.1) is 11.3 Å². The fraction of sp³-hybridized carbons (Fsp3) is 0.857. The van der Waals surface area contributed by atoms with Gasteiger partial charge in [-0.3, -0.25) is 0 Å². The first-order chi connectivity index (χ1) is 7.43. The Labute approximate surface area is 100 Å². The summed E-state index contributed by atoms with van der Waals surface area (Å²) in [6.45, 7) is 8.79. The lowest BCUT2D eigenvalue weighted by atomic mass is 9.78. The second kappa shape index (κ2) is 7.86. The average Bonchev–Trinajstić information content (AvgIpc) is 2.24. The molecule has 0 aliphatic rings. The van der Waals surface area contributed by atoms with Gasteiger partial charge in [-0.05, 0) is 50.9 Å². The molecule has 2 N–H and O–H groups in total. The van der Waals surface area contributed by atoms with E-state index in [4.69, 9.17) is 5.11 Å². The van der Waals surface area contributed by atoms with Crippen LogP contribution in [-0.2, 0) is 0 Å². The molecule has 0 aromatic heterocycles. The predicted octanol–water partition coefficient (Wildman–Crippen LogP) is 3.14. The van der Waals surface area contributed by atoms with Crippen molar-refractivity contribution in [3.05, 3.63) is 11.6 Å². The molecule has 0 aromatic carbocycles. The van der Waals surface area contributed by atoms with Gasteiger partial charge in [0, 0.05) is 13.2 Å². The molecule has 2 atom stereocenters. The van der Waals surface area contributed by atoms with E-state index in [2.05, 4.69) is 26.8 Å². The van der Waals surface area contributed by atoms with Gasteiger partial charge in [0.15, 0.2) is 0 Å². The van der Waals surface area contributed by atoms with E-state index >= 15 is 0 Å². The third-order valence-corrected chi connectivity index (χ3v) is 3.07. The van der Waals surface area contributed by atoms with Crippen LogP contribution in [0.3, 0.4) is 0 Å². The highest BCUT2D eigenvalue weighted by Crippen LogP contribution is 2.31. The van der Waals surface area contributed by atoms with Crippen molar-refractivity contribution in [3.63, 3.8) is 0 Å². The second-order valence-electron chi connectivity index (χ2n) is 5.63. The molecule has 0 heterocycles. The van der Waals surface area contributed by atoms with Gasteiger partial charge in [-0.25, -0.2) is 0 Å². The Morgan fingerprint density at radius 2 is 1.94 bits per heavy atom. The van der Waals surface area contributed by atoms with Gasteiger partial charge in [-0.2, -0.15) is 0 Å². The number of allylic oxidation sites excluding steroid dienone is 2. The standard InChI is InChI=1S/C14H28O2/c1-12(2)7-5-6-8-14(4,11-16)9-13(3)10-15/h7,13,15-16H,5-6,8-11H2,1-4H3. The van der Waals surface area contributed by atoms with E-state index in [1.807, 2.05) is 6.92 Å². The van der Waals surface area contributed by atoms with Gasteiger partial charge >= 0.3 is 0 Å². The molecule has 0 amide bonds. The summed E-state index contributed by atoms with van der Waals surface area (Å²) in [6, 6.07) is 0. The van der Waals surface area contributed by atoms with Crippen molar-refractivity contribution >= 4 is 0 Å². The molecule has 0 aliphatic heterocycles. The first-order valence-electron chi connectivity index (χ1n) is 6.28. The number of hydrogen-bond acceptors (Lipinski definition) is 2. The number of aliphatic hydroxyl groups excluding tert-OH is 2. The SMILES string of the molecule is CC(C)=CCCCC(C)(CO)CC(C)CO. The number of rotatable bonds is 8. The van der Waals surface area contributed by atoms with Crippen LogP contribution >= 0.6 is 0 Å². The van der Waals surface area contributed by atoms with E-state index in [9.17, 15) is 5.11 Å². The van der Waals surface area contributed by atoms with Gasteiger partial charge < -0.3 is 10.2 Å². The first-order valence-corrected chi connectivity index (χ1v) is 6.28. The molecule has 0 aromatic rings. The molecular formula is C14H28O2. The average molecular weight is 228 g/mol. The quantitative estimate of drug-likeness (QED) is 0.495. The predicted molar refractivity (Wildman–Crippen MR) is 69.3 cm³/mol. The highest BCUT2D eigenvalue weighted by atomic mass is 16.3. The Morgan fingerprint density at radius 3 is 2.38 bits per heavy atom. The molecule has 0 aliphatic carbocycles. The van der Waals surface area contributed by atoms with Crippen LogP contribution in [0.15, 0.2) is 11.6 Å². The summed E-state index contributed by atoms with van der Waals surface area (Å²) >= 11 is 0. The van der Waals surface area contributed by atoms with Gasteiger partial charge in [-0.1, -0.05) is 25.5 Å². The Morgan fingerprint density at radius 1 is 1.31 bits per heavy atom. The Hall–Kier alpha value is -0.340. The van der Waals surface area contributed by atoms with Gasteiger partial charge in [0.1, 0.15) is 0 Å². The third-order valence-electron chi connectivity index (χ3n) is 3.07. The maximum absolute atomic E-state index is 9.44. The van der Waals surface area contributed by atoms with Crippen LogP contribution in [0.1, 0.15) is 53.4 Å². The van der Waals surface area contributed by atoms with E-state index in [-0.39, 0.29) is 24.5 Å². The third kappa shape index (κ3) is 7.02. The number of hydrogen-bond donors (Lipinski definition) is 2. The maximum Gasteiger partial charge on any atom is 0.0484 e. The Kier molecular flexibility index (Phi) is 7.69. The Bertz CT molecular complexity index is 207. The molecule has 0 spiro atoms. The van der Waals surface area contributed by atoms with E-state index in [0.717, 1.165) is 25.7 Å². The maximum atomic E-state index is 9.44. The minimum Gasteiger partial charge on any atom is -0.396 e. The van der Waals surface area contributed by atoms with Crippen molar-refractivity contribution < 1.29 is 10.2 Å². The van der Waals surface area contributed by atoms with Crippen molar-refractivity contribution in [2.75, 3.05) is 13.2 Å². The molecule has 2 nitrogen and oxygen atoms in total. The normalized spacial score (nSPS) is 16.6. The van der Waals surface area contributed by atoms with Gasteiger partial charge in [0.25, 0.3) is 0 Å². The molecule has 2 unspecified atom stereocenters. The largest absolute Gasteiger partial charge is 0.396 e. The van der Waals surface area contributed by atoms with Crippen molar-refractivity contribution in [1.29, 1.82) is 0 Å².